The van der Waals surface area contributed by atoms with Crippen molar-refractivity contribution in [3.63, 3.8) is 0 Å². The zero-order valence-corrected chi connectivity index (χ0v) is 15.4. The maximum absolute atomic E-state index is 6.06. The summed E-state index contributed by atoms with van der Waals surface area (Å²) in [6.45, 7) is 2.03. The number of nitrogens with zero attached hydrogens (tertiary/aromatic N) is 3. The second-order valence-electron chi connectivity index (χ2n) is 6.33. The minimum Gasteiger partial charge on any atom is -0.496 e. The van der Waals surface area contributed by atoms with Gasteiger partial charge in [0.05, 0.1) is 25.5 Å². The first-order valence-electron chi connectivity index (χ1n) is 8.54. The summed E-state index contributed by atoms with van der Waals surface area (Å²) in [5.41, 5.74) is 11.4. The Kier molecular flexibility index (Phi) is 4.16. The topological polar surface area (TPSA) is 74.7 Å². The number of nitrogens with two attached hydrogens (primary N) is 1. The van der Waals surface area contributed by atoms with Crippen LogP contribution in [0.15, 0.2) is 54.7 Å². The molecular weight excluding hydrogens is 340 g/mol. The number of methoxy groups -OCH3 is 2. The maximum Gasteiger partial charge on any atom is 0.172 e. The van der Waals surface area contributed by atoms with Gasteiger partial charge in [0.15, 0.2) is 11.5 Å². The van der Waals surface area contributed by atoms with E-state index in [1.54, 1.807) is 14.2 Å². The van der Waals surface area contributed by atoms with Gasteiger partial charge in [0.1, 0.15) is 11.5 Å². The van der Waals surface area contributed by atoms with E-state index in [0.29, 0.717) is 11.4 Å². The molecule has 0 fully saturated rings. The number of aryl methyl sites for hydroxylation is 1. The van der Waals surface area contributed by atoms with E-state index >= 15 is 0 Å². The Morgan fingerprint density at radius 2 is 1.63 bits per heavy atom. The highest BCUT2D eigenvalue weighted by atomic mass is 16.5. The normalized spacial score (nSPS) is 10.9. The summed E-state index contributed by atoms with van der Waals surface area (Å²) in [5, 5.41) is 8.66. The summed E-state index contributed by atoms with van der Waals surface area (Å²) in [6, 6.07) is 15.7. The van der Waals surface area contributed by atoms with Crippen molar-refractivity contribution in [3.8, 4) is 34.0 Å². The van der Waals surface area contributed by atoms with E-state index in [4.69, 9.17) is 15.2 Å². The van der Waals surface area contributed by atoms with Crippen LogP contribution in [0.3, 0.4) is 0 Å². The number of aromatic nitrogens is 3. The molecule has 6 nitrogen and oxygen atoms in total. The molecule has 4 aromatic rings. The third-order valence-corrected chi connectivity index (χ3v) is 4.56. The summed E-state index contributed by atoms with van der Waals surface area (Å²) >= 11 is 0. The fourth-order valence-electron chi connectivity index (χ4n) is 3.14. The molecule has 0 atom stereocenters. The molecule has 2 N–H and O–H groups in total. The van der Waals surface area contributed by atoms with Gasteiger partial charge in [-0.15, -0.1) is 10.2 Å². The van der Waals surface area contributed by atoms with Crippen molar-refractivity contribution in [2.24, 2.45) is 0 Å². The van der Waals surface area contributed by atoms with Crippen molar-refractivity contribution in [1.82, 2.24) is 14.6 Å². The van der Waals surface area contributed by atoms with E-state index in [0.717, 1.165) is 39.5 Å². The minimum absolute atomic E-state index is 0.597. The second-order valence-corrected chi connectivity index (χ2v) is 6.33. The molecule has 136 valence electrons. The first-order valence-corrected chi connectivity index (χ1v) is 8.54. The number of fused-ring (bicyclic) bond motifs is 1. The van der Waals surface area contributed by atoms with Crippen LogP contribution in [0, 0.1) is 6.92 Å². The third-order valence-electron chi connectivity index (χ3n) is 4.56. The van der Waals surface area contributed by atoms with Crippen LogP contribution in [0.5, 0.6) is 11.5 Å². The van der Waals surface area contributed by atoms with Crippen molar-refractivity contribution in [2.45, 2.75) is 6.92 Å². The summed E-state index contributed by atoms with van der Waals surface area (Å²) in [5.74, 6) is 2.16. The average molecular weight is 360 g/mol. The SMILES string of the molecule is COc1ccc(-c2ccc3nnc(-c4ccc(C)cc4OC)n3c2)cc1N. The number of pyridine rings is 1. The van der Waals surface area contributed by atoms with Gasteiger partial charge in [-0.25, -0.2) is 0 Å². The Labute approximate surface area is 157 Å². The predicted octanol–water partition coefficient (Wildman–Crippen LogP) is 3.97. The first-order chi connectivity index (χ1) is 13.1. The molecule has 0 aliphatic heterocycles. The molecule has 0 amide bonds. The van der Waals surface area contributed by atoms with Gasteiger partial charge in [0.25, 0.3) is 0 Å². The number of benzene rings is 2. The van der Waals surface area contributed by atoms with Gasteiger partial charge in [-0.3, -0.25) is 4.40 Å². The molecule has 27 heavy (non-hydrogen) atoms. The van der Waals surface area contributed by atoms with Crippen LogP contribution in [0.4, 0.5) is 5.69 Å². The molecule has 4 rings (SSSR count). The number of anilines is 1. The molecule has 0 spiro atoms. The fourth-order valence-corrected chi connectivity index (χ4v) is 3.14. The predicted molar refractivity (Wildman–Crippen MR) is 106 cm³/mol. The van der Waals surface area contributed by atoms with Crippen molar-refractivity contribution in [2.75, 3.05) is 20.0 Å². The molecule has 0 aliphatic carbocycles. The van der Waals surface area contributed by atoms with E-state index in [2.05, 4.69) is 10.2 Å². The zero-order valence-electron chi connectivity index (χ0n) is 15.4. The highest BCUT2D eigenvalue weighted by Crippen LogP contribution is 2.32. The van der Waals surface area contributed by atoms with Gasteiger partial charge in [-0.2, -0.15) is 0 Å². The molecule has 2 heterocycles. The van der Waals surface area contributed by atoms with Gasteiger partial charge < -0.3 is 15.2 Å². The lowest BCUT2D eigenvalue weighted by Gasteiger charge is -2.10. The summed E-state index contributed by atoms with van der Waals surface area (Å²) in [4.78, 5) is 0. The van der Waals surface area contributed by atoms with Crippen LogP contribution in [0.1, 0.15) is 5.56 Å². The molecule has 0 saturated heterocycles. The first kappa shape index (κ1) is 16.9. The van der Waals surface area contributed by atoms with Gasteiger partial charge in [0.2, 0.25) is 0 Å². The summed E-state index contributed by atoms with van der Waals surface area (Å²) in [6.07, 6.45) is 2.01. The van der Waals surface area contributed by atoms with E-state index in [1.165, 1.54) is 0 Å². The molecule has 0 unspecified atom stereocenters. The van der Waals surface area contributed by atoms with E-state index in [9.17, 15) is 0 Å². The Morgan fingerprint density at radius 1 is 0.852 bits per heavy atom. The molecule has 0 bridgehead atoms. The van der Waals surface area contributed by atoms with Gasteiger partial charge in [0, 0.05) is 6.20 Å². The minimum atomic E-state index is 0.597. The zero-order chi connectivity index (χ0) is 19.0. The molecule has 0 aliphatic rings. The molecule has 0 saturated carbocycles. The molecule has 2 aromatic heterocycles. The largest absolute Gasteiger partial charge is 0.496 e. The Hall–Kier alpha value is -3.54. The molecule has 2 aromatic carbocycles. The van der Waals surface area contributed by atoms with Crippen molar-refractivity contribution in [3.05, 3.63) is 60.3 Å². The summed E-state index contributed by atoms with van der Waals surface area (Å²) < 4.78 is 12.7. The molecular formula is C21H20N4O2. The lowest BCUT2D eigenvalue weighted by atomic mass is 10.1. The van der Waals surface area contributed by atoms with Crippen LogP contribution in [0.2, 0.25) is 0 Å². The standard InChI is InChI=1S/C21H20N4O2/c1-13-4-7-16(19(10-13)27-3)21-24-23-20-9-6-15(12-25(20)21)14-5-8-18(26-2)17(22)11-14/h4-12H,22H2,1-3H3. The fraction of sp³-hybridized carbons (Fsp3) is 0.143. The van der Waals surface area contributed by atoms with Crippen LogP contribution in [-0.2, 0) is 0 Å². The highest BCUT2D eigenvalue weighted by molar-refractivity contribution is 5.73. The number of nitrogen functional groups attached to an aromatic ring is 1. The summed E-state index contributed by atoms with van der Waals surface area (Å²) in [7, 11) is 3.27. The van der Waals surface area contributed by atoms with Crippen LogP contribution in [-0.4, -0.2) is 28.8 Å². The van der Waals surface area contributed by atoms with Crippen LogP contribution < -0.4 is 15.2 Å². The average Bonchev–Trinajstić information content (AvgIpc) is 3.10. The molecule has 0 radical (unpaired) electrons. The van der Waals surface area contributed by atoms with Crippen molar-refractivity contribution < 1.29 is 9.47 Å². The van der Waals surface area contributed by atoms with Gasteiger partial charge in [-0.05, 0) is 60.0 Å². The smallest absolute Gasteiger partial charge is 0.172 e. The van der Waals surface area contributed by atoms with E-state index in [1.807, 2.05) is 66.1 Å². The lowest BCUT2D eigenvalue weighted by Crippen LogP contribution is -1.95. The number of ether oxygens (including phenoxy) is 2. The van der Waals surface area contributed by atoms with Gasteiger partial charge >= 0.3 is 0 Å². The Bertz CT molecular complexity index is 1130. The van der Waals surface area contributed by atoms with Gasteiger partial charge in [-0.1, -0.05) is 12.1 Å². The number of hydrogen-bond donors (Lipinski definition) is 1. The number of rotatable bonds is 4. The Morgan fingerprint density at radius 3 is 2.37 bits per heavy atom. The Balaban J connectivity index is 1.86. The third kappa shape index (κ3) is 2.95. The number of hydrogen-bond acceptors (Lipinski definition) is 5. The van der Waals surface area contributed by atoms with E-state index in [-0.39, 0.29) is 0 Å². The molecule has 6 heteroatoms. The second kappa shape index (κ2) is 6.64. The quantitative estimate of drug-likeness (QED) is 0.557. The van der Waals surface area contributed by atoms with Crippen molar-refractivity contribution in [1.29, 1.82) is 0 Å². The highest BCUT2D eigenvalue weighted by Gasteiger charge is 2.14. The van der Waals surface area contributed by atoms with Crippen LogP contribution >= 0.6 is 0 Å². The monoisotopic (exact) mass is 360 g/mol. The lowest BCUT2D eigenvalue weighted by molar-refractivity contribution is 0.415. The van der Waals surface area contributed by atoms with E-state index < -0.39 is 0 Å². The van der Waals surface area contributed by atoms with Crippen molar-refractivity contribution >= 4 is 11.3 Å². The maximum atomic E-state index is 6.06. The van der Waals surface area contributed by atoms with Crippen LogP contribution in [0.25, 0.3) is 28.2 Å².